The van der Waals surface area contributed by atoms with Crippen LogP contribution in [0.3, 0.4) is 0 Å². The summed E-state index contributed by atoms with van der Waals surface area (Å²) in [6, 6.07) is 9.13. The summed E-state index contributed by atoms with van der Waals surface area (Å²) in [5.41, 5.74) is 8.61. The molecule has 0 spiro atoms. The number of fused-ring (bicyclic) bond motifs is 2. The minimum absolute atomic E-state index is 0.274. The van der Waals surface area contributed by atoms with Gasteiger partial charge in [-0.1, -0.05) is 12.6 Å². The van der Waals surface area contributed by atoms with E-state index in [1.165, 1.54) is 6.07 Å². The van der Waals surface area contributed by atoms with Gasteiger partial charge in [-0.05, 0) is 83.0 Å². The number of likely N-dealkylation sites (N-methyl/N-ethyl adjacent to an activating group) is 1. The number of benzene rings is 1. The molecule has 5 heterocycles. The van der Waals surface area contributed by atoms with Crippen molar-refractivity contribution in [1.29, 1.82) is 0 Å². The molecule has 224 valence electrons. The summed E-state index contributed by atoms with van der Waals surface area (Å²) in [6.07, 6.45) is 10.5. The third-order valence-electron chi connectivity index (χ3n) is 7.27. The number of hydrogen-bond donors (Lipinski definition) is 3. The second-order valence-electron chi connectivity index (χ2n) is 11.5. The largest absolute Gasteiger partial charge is 0.357 e. The molecule has 3 N–H and O–H groups in total. The normalized spacial score (nSPS) is 11.7. The van der Waals surface area contributed by atoms with Crippen molar-refractivity contribution < 1.29 is 4.39 Å². The molecular weight excluding hydrogens is 555 g/mol. The highest BCUT2D eigenvalue weighted by Crippen LogP contribution is 2.33. The fourth-order valence-corrected chi connectivity index (χ4v) is 5.33. The van der Waals surface area contributed by atoms with E-state index in [0.29, 0.717) is 23.6 Å². The van der Waals surface area contributed by atoms with Gasteiger partial charge in [0.05, 0.1) is 46.5 Å². The first-order chi connectivity index (χ1) is 21.2. The zero-order valence-corrected chi connectivity index (χ0v) is 25.3. The average molecular weight is 591 g/mol. The lowest BCUT2D eigenvalue weighted by atomic mass is 10.0. The van der Waals surface area contributed by atoms with Crippen LogP contribution >= 0.6 is 0 Å². The minimum atomic E-state index is -0.274. The molecule has 0 saturated carbocycles. The van der Waals surface area contributed by atoms with E-state index >= 15 is 0 Å². The Morgan fingerprint density at radius 3 is 2.57 bits per heavy atom. The molecule has 0 aliphatic carbocycles. The number of anilines is 1. The number of pyridine rings is 3. The fourth-order valence-electron chi connectivity index (χ4n) is 5.33. The third-order valence-corrected chi connectivity index (χ3v) is 7.27. The third kappa shape index (κ3) is 6.34. The summed E-state index contributed by atoms with van der Waals surface area (Å²) < 4.78 is 14.7. The lowest BCUT2D eigenvalue weighted by Crippen LogP contribution is -2.18. The van der Waals surface area contributed by atoms with Gasteiger partial charge < -0.3 is 20.1 Å². The second kappa shape index (κ2) is 12.3. The van der Waals surface area contributed by atoms with Crippen LogP contribution in [-0.4, -0.2) is 86.2 Å². The maximum atomic E-state index is 14.7. The van der Waals surface area contributed by atoms with E-state index in [1.807, 2.05) is 51.3 Å². The Labute approximate surface area is 255 Å². The molecule has 0 amide bonds. The van der Waals surface area contributed by atoms with Crippen molar-refractivity contribution in [2.45, 2.75) is 12.8 Å². The lowest BCUT2D eigenvalue weighted by Gasteiger charge is -2.14. The van der Waals surface area contributed by atoms with Crippen LogP contribution in [0.15, 0.2) is 73.6 Å². The maximum Gasteiger partial charge on any atom is 0.159 e. The molecule has 0 fully saturated rings. The predicted octanol–water partition coefficient (Wildman–Crippen LogP) is 5.75. The Balaban J connectivity index is 1.33. The summed E-state index contributed by atoms with van der Waals surface area (Å²) in [7, 11) is 8.07. The van der Waals surface area contributed by atoms with Crippen LogP contribution in [0.1, 0.15) is 12.0 Å². The van der Waals surface area contributed by atoms with Crippen LogP contribution in [0.5, 0.6) is 0 Å². The van der Waals surface area contributed by atoms with Gasteiger partial charge in [-0.3, -0.25) is 20.1 Å². The molecular formula is C33H35FN10. The van der Waals surface area contributed by atoms with Crippen molar-refractivity contribution in [1.82, 2.24) is 44.9 Å². The number of hydrogen-bond acceptors (Lipinski definition) is 8. The van der Waals surface area contributed by atoms with Gasteiger partial charge in [0.15, 0.2) is 5.82 Å². The smallest absolute Gasteiger partial charge is 0.159 e. The molecule has 0 radical (unpaired) electrons. The molecule has 5 aromatic heterocycles. The number of halogens is 1. The van der Waals surface area contributed by atoms with Gasteiger partial charge in [0.1, 0.15) is 11.5 Å². The van der Waals surface area contributed by atoms with Gasteiger partial charge in [-0.15, -0.1) is 0 Å². The number of H-pyrrole nitrogens is 2. The molecule has 6 aromatic rings. The van der Waals surface area contributed by atoms with Crippen molar-refractivity contribution in [3.63, 3.8) is 0 Å². The number of nitrogens with one attached hydrogen (secondary N) is 3. The quantitative estimate of drug-likeness (QED) is 0.175. The van der Waals surface area contributed by atoms with E-state index in [9.17, 15) is 4.39 Å². The van der Waals surface area contributed by atoms with Crippen LogP contribution < -0.4 is 5.32 Å². The highest BCUT2D eigenvalue weighted by Gasteiger charge is 2.17. The van der Waals surface area contributed by atoms with Crippen LogP contribution in [-0.2, 0) is 6.42 Å². The molecule has 1 aromatic carbocycles. The van der Waals surface area contributed by atoms with E-state index < -0.39 is 0 Å². The predicted molar refractivity (Wildman–Crippen MR) is 174 cm³/mol. The van der Waals surface area contributed by atoms with Crippen molar-refractivity contribution in [2.24, 2.45) is 0 Å². The van der Waals surface area contributed by atoms with Gasteiger partial charge in [0.25, 0.3) is 0 Å². The number of aromatic amines is 2. The van der Waals surface area contributed by atoms with E-state index in [0.717, 1.165) is 75.1 Å². The summed E-state index contributed by atoms with van der Waals surface area (Å²) >= 11 is 0. The second-order valence-corrected chi connectivity index (χ2v) is 11.5. The molecule has 0 aliphatic heterocycles. The Bertz CT molecular complexity index is 1960. The van der Waals surface area contributed by atoms with Gasteiger partial charge >= 0.3 is 0 Å². The molecule has 0 bridgehead atoms. The molecule has 0 atom stereocenters. The minimum Gasteiger partial charge on any atom is -0.357 e. The van der Waals surface area contributed by atoms with Crippen molar-refractivity contribution in [3.05, 3.63) is 85.0 Å². The summed E-state index contributed by atoms with van der Waals surface area (Å²) in [5.74, 6) is 0.304. The molecule has 0 unspecified atom stereocenters. The first-order valence-corrected chi connectivity index (χ1v) is 14.4. The topological polar surface area (TPSA) is 115 Å². The van der Waals surface area contributed by atoms with E-state index in [2.05, 4.69) is 46.9 Å². The summed E-state index contributed by atoms with van der Waals surface area (Å²) in [6.45, 7) is 5.74. The van der Waals surface area contributed by atoms with Gasteiger partial charge in [-0.2, -0.15) is 5.10 Å². The molecule has 44 heavy (non-hydrogen) atoms. The number of aryl methyl sites for hydroxylation is 1. The number of rotatable bonds is 11. The standard InChI is InChI=1S/C33H35FN10/c1-20(19-44(4)5)38-25-12-23(14-35-15-25)28-13-26-29(18-37-28)41-42-32(26)33-39-30-17-36-16-27(31(30)40-33)22-9-21(10-24(34)11-22)7-6-8-43(2)3/h9-18,38H,1,6-8,19H2,2-5H3,(H,39,40)(H,41,42). The molecule has 0 aliphatic rings. The van der Waals surface area contributed by atoms with E-state index in [4.69, 9.17) is 4.98 Å². The van der Waals surface area contributed by atoms with Crippen molar-refractivity contribution in [2.75, 3.05) is 46.6 Å². The number of nitrogens with zero attached hydrogens (tertiary/aromatic N) is 7. The van der Waals surface area contributed by atoms with Crippen LogP contribution in [0.2, 0.25) is 0 Å². The first kappa shape index (κ1) is 29.1. The molecule has 0 saturated heterocycles. The highest BCUT2D eigenvalue weighted by molar-refractivity contribution is 5.97. The first-order valence-electron chi connectivity index (χ1n) is 14.4. The summed E-state index contributed by atoms with van der Waals surface area (Å²) in [4.78, 5) is 26.0. The van der Waals surface area contributed by atoms with Gasteiger partial charge in [0, 0.05) is 41.1 Å². The Hall–Kier alpha value is -5.00. The Kier molecular flexibility index (Phi) is 8.14. The zero-order valence-electron chi connectivity index (χ0n) is 25.3. The highest BCUT2D eigenvalue weighted by atomic mass is 19.1. The lowest BCUT2D eigenvalue weighted by molar-refractivity contribution is 0.400. The van der Waals surface area contributed by atoms with Crippen molar-refractivity contribution >= 4 is 27.6 Å². The molecule has 11 heteroatoms. The number of imidazole rings is 1. The van der Waals surface area contributed by atoms with E-state index in [-0.39, 0.29) is 5.82 Å². The molecule has 6 rings (SSSR count). The van der Waals surface area contributed by atoms with Crippen LogP contribution in [0, 0.1) is 5.82 Å². The molecule has 10 nitrogen and oxygen atoms in total. The Morgan fingerprint density at radius 2 is 1.75 bits per heavy atom. The van der Waals surface area contributed by atoms with Gasteiger partial charge in [-0.25, -0.2) is 9.37 Å². The van der Waals surface area contributed by atoms with Crippen LogP contribution in [0.4, 0.5) is 10.1 Å². The average Bonchev–Trinajstić information content (AvgIpc) is 3.60. The fraction of sp³-hybridized carbons (Fsp3) is 0.242. The SMILES string of the molecule is C=C(CN(C)C)Nc1cncc(-c2cc3c(-c4nc5c(-c6cc(F)cc(CCCN(C)C)c6)cncc5[nH]4)n[nH]c3cn2)c1. The van der Waals surface area contributed by atoms with Gasteiger partial charge in [0.2, 0.25) is 0 Å². The Morgan fingerprint density at radius 1 is 0.909 bits per heavy atom. The number of aromatic nitrogens is 7. The zero-order chi connectivity index (χ0) is 30.8. The monoisotopic (exact) mass is 590 g/mol. The van der Waals surface area contributed by atoms with E-state index in [1.54, 1.807) is 37.1 Å². The summed E-state index contributed by atoms with van der Waals surface area (Å²) in [5, 5.41) is 11.8. The van der Waals surface area contributed by atoms with Crippen LogP contribution in [0.25, 0.3) is 55.8 Å². The van der Waals surface area contributed by atoms with Crippen molar-refractivity contribution in [3.8, 4) is 33.9 Å². The maximum absolute atomic E-state index is 14.7.